The Labute approximate surface area is 190 Å². The summed E-state index contributed by atoms with van der Waals surface area (Å²) in [5.74, 6) is 0.489. The molecular formula is C26H25N3O4. The lowest BCUT2D eigenvalue weighted by Crippen LogP contribution is -2.38. The molecule has 7 nitrogen and oxygen atoms in total. The van der Waals surface area contributed by atoms with E-state index in [1.807, 2.05) is 68.4 Å². The van der Waals surface area contributed by atoms with Crippen LogP contribution in [0.25, 0.3) is 0 Å². The molecule has 2 heterocycles. The Morgan fingerprint density at radius 1 is 0.939 bits per heavy atom. The van der Waals surface area contributed by atoms with E-state index in [1.165, 1.54) is 0 Å². The van der Waals surface area contributed by atoms with Crippen molar-refractivity contribution in [2.45, 2.75) is 39.2 Å². The molecular weight excluding hydrogens is 418 g/mol. The Morgan fingerprint density at radius 2 is 1.67 bits per heavy atom. The minimum atomic E-state index is -0.583. The maximum Gasteiger partial charge on any atom is 0.327 e. The lowest BCUT2D eigenvalue weighted by Gasteiger charge is -2.38. The van der Waals surface area contributed by atoms with E-state index in [-0.39, 0.29) is 11.2 Å². The molecule has 1 atom stereocenters. The van der Waals surface area contributed by atoms with Gasteiger partial charge in [-0.3, -0.25) is 19.6 Å². The summed E-state index contributed by atoms with van der Waals surface area (Å²) in [5, 5.41) is 3.17. The average molecular weight is 444 g/mol. The van der Waals surface area contributed by atoms with Gasteiger partial charge in [0, 0.05) is 23.6 Å². The van der Waals surface area contributed by atoms with E-state index >= 15 is 0 Å². The Balaban J connectivity index is 1.54. The molecule has 168 valence electrons. The summed E-state index contributed by atoms with van der Waals surface area (Å²) >= 11 is 0. The van der Waals surface area contributed by atoms with Crippen molar-refractivity contribution >= 4 is 11.6 Å². The molecule has 5 rings (SSSR count). The van der Waals surface area contributed by atoms with Gasteiger partial charge in [0.05, 0.1) is 5.56 Å². The fourth-order valence-corrected chi connectivity index (χ4v) is 4.78. The summed E-state index contributed by atoms with van der Waals surface area (Å²) in [4.78, 5) is 43.0. The number of hydrogen-bond donors (Lipinski definition) is 3. The molecule has 1 aliphatic carbocycles. The molecule has 3 N–H and O–H groups in total. The summed E-state index contributed by atoms with van der Waals surface area (Å²) in [6, 6.07) is 17.3. The van der Waals surface area contributed by atoms with Gasteiger partial charge in [0.15, 0.2) is 5.78 Å². The van der Waals surface area contributed by atoms with Crippen molar-refractivity contribution in [1.82, 2.24) is 9.97 Å². The molecule has 0 saturated heterocycles. The second-order valence-electron chi connectivity index (χ2n) is 9.43. The molecule has 3 aromatic rings. The first-order valence-corrected chi connectivity index (χ1v) is 11.0. The molecule has 0 radical (unpaired) electrons. The third kappa shape index (κ3) is 4.02. The van der Waals surface area contributed by atoms with Crippen LogP contribution in [0.5, 0.6) is 5.75 Å². The predicted octanol–water partition coefficient (Wildman–Crippen LogP) is 3.84. The molecule has 1 aromatic heterocycles. The molecule has 0 bridgehead atoms. The first-order valence-electron chi connectivity index (χ1n) is 11.0. The first kappa shape index (κ1) is 21.0. The minimum Gasteiger partial charge on any atom is -0.489 e. The van der Waals surface area contributed by atoms with Crippen LogP contribution in [0, 0.1) is 5.41 Å². The lowest BCUT2D eigenvalue weighted by molar-refractivity contribution is -0.118. The number of ketones is 1. The number of nitrogens with one attached hydrogen (secondary N) is 3. The monoisotopic (exact) mass is 443 g/mol. The van der Waals surface area contributed by atoms with Crippen LogP contribution in [-0.4, -0.2) is 15.8 Å². The van der Waals surface area contributed by atoms with E-state index in [1.54, 1.807) is 0 Å². The van der Waals surface area contributed by atoms with Gasteiger partial charge in [-0.05, 0) is 35.1 Å². The SMILES string of the molecule is CC1(C)CC(=O)C2=C(C1)Nc1[nH]c(=O)[nH]c(=O)c1[C@H]2c1ccc(OCc2ccccc2)cc1. The highest BCUT2D eigenvalue weighted by Gasteiger charge is 2.42. The first-order chi connectivity index (χ1) is 15.8. The zero-order valence-electron chi connectivity index (χ0n) is 18.5. The van der Waals surface area contributed by atoms with Gasteiger partial charge in [0.1, 0.15) is 18.2 Å². The fraction of sp³-hybridized carbons (Fsp3) is 0.269. The summed E-state index contributed by atoms with van der Waals surface area (Å²) in [5.41, 5.74) is 2.27. The molecule has 0 saturated carbocycles. The van der Waals surface area contributed by atoms with Crippen molar-refractivity contribution in [3.8, 4) is 5.75 Å². The lowest BCUT2D eigenvalue weighted by atomic mass is 9.69. The van der Waals surface area contributed by atoms with Crippen LogP contribution in [0.15, 0.2) is 75.5 Å². The highest BCUT2D eigenvalue weighted by atomic mass is 16.5. The summed E-state index contributed by atoms with van der Waals surface area (Å²) in [7, 11) is 0. The van der Waals surface area contributed by atoms with E-state index < -0.39 is 17.2 Å². The van der Waals surface area contributed by atoms with E-state index in [9.17, 15) is 14.4 Å². The smallest absolute Gasteiger partial charge is 0.327 e. The molecule has 2 aliphatic rings. The Hall–Kier alpha value is -3.87. The van der Waals surface area contributed by atoms with E-state index in [0.717, 1.165) is 16.8 Å². The third-order valence-corrected chi connectivity index (χ3v) is 6.21. The molecule has 7 heteroatoms. The van der Waals surface area contributed by atoms with Gasteiger partial charge >= 0.3 is 5.69 Å². The molecule has 0 amide bonds. The quantitative estimate of drug-likeness (QED) is 0.568. The normalized spacial score (nSPS) is 18.8. The fourth-order valence-electron chi connectivity index (χ4n) is 4.78. The topological polar surface area (TPSA) is 104 Å². The Kier molecular flexibility index (Phi) is 5.04. The van der Waals surface area contributed by atoms with Gasteiger partial charge in [-0.15, -0.1) is 0 Å². The number of allylic oxidation sites excluding steroid dienone is 2. The highest BCUT2D eigenvalue weighted by molar-refractivity contribution is 6.01. The number of carbonyl (C=O) groups excluding carboxylic acids is 1. The van der Waals surface area contributed by atoms with Gasteiger partial charge in [0.2, 0.25) is 0 Å². The van der Waals surface area contributed by atoms with Crippen molar-refractivity contribution in [3.05, 3.63) is 103 Å². The summed E-state index contributed by atoms with van der Waals surface area (Å²) in [6.07, 6.45) is 1.05. The van der Waals surface area contributed by atoms with Crippen molar-refractivity contribution < 1.29 is 9.53 Å². The average Bonchev–Trinajstić information content (AvgIpc) is 2.76. The molecule has 2 aromatic carbocycles. The molecule has 0 unspecified atom stereocenters. The van der Waals surface area contributed by atoms with Crippen LogP contribution in [0.3, 0.4) is 0 Å². The zero-order chi connectivity index (χ0) is 23.2. The van der Waals surface area contributed by atoms with Gasteiger partial charge in [-0.2, -0.15) is 0 Å². The largest absolute Gasteiger partial charge is 0.489 e. The van der Waals surface area contributed by atoms with Crippen molar-refractivity contribution in [1.29, 1.82) is 0 Å². The standard InChI is InChI=1S/C26H25N3O4/c1-26(2)12-18-21(19(30)13-26)20(22-23(27-18)28-25(32)29-24(22)31)16-8-10-17(11-9-16)33-14-15-6-4-3-5-7-15/h3-11,20H,12-14H2,1-2H3,(H3,27,28,29,31,32)/t20-/m0/s1. The number of benzene rings is 2. The number of Topliss-reactive ketones (excluding diaryl/α,β-unsaturated/α-hetero) is 1. The highest BCUT2D eigenvalue weighted by Crippen LogP contribution is 2.47. The van der Waals surface area contributed by atoms with Gasteiger partial charge < -0.3 is 10.1 Å². The van der Waals surface area contributed by atoms with Crippen LogP contribution >= 0.6 is 0 Å². The molecule has 1 aliphatic heterocycles. The number of ether oxygens (including phenoxy) is 1. The summed E-state index contributed by atoms with van der Waals surface area (Å²) in [6.45, 7) is 4.53. The van der Waals surface area contributed by atoms with Crippen LogP contribution < -0.4 is 21.3 Å². The third-order valence-electron chi connectivity index (χ3n) is 6.21. The number of aromatic amines is 2. The molecule has 0 fully saturated rings. The van der Waals surface area contributed by atoms with Crippen LogP contribution in [0.4, 0.5) is 5.82 Å². The van der Waals surface area contributed by atoms with Crippen LogP contribution in [-0.2, 0) is 11.4 Å². The maximum absolute atomic E-state index is 13.2. The number of rotatable bonds is 4. The Morgan fingerprint density at radius 3 is 2.39 bits per heavy atom. The van der Waals surface area contributed by atoms with Crippen molar-refractivity contribution in [2.75, 3.05) is 5.32 Å². The number of hydrogen-bond acceptors (Lipinski definition) is 5. The van der Waals surface area contributed by atoms with Gasteiger partial charge in [0.25, 0.3) is 5.56 Å². The van der Waals surface area contributed by atoms with Crippen LogP contribution in [0.1, 0.15) is 49.3 Å². The number of H-pyrrole nitrogens is 2. The summed E-state index contributed by atoms with van der Waals surface area (Å²) < 4.78 is 5.89. The number of anilines is 1. The second-order valence-corrected chi connectivity index (χ2v) is 9.43. The number of fused-ring (bicyclic) bond motifs is 1. The van der Waals surface area contributed by atoms with Gasteiger partial charge in [-0.25, -0.2) is 4.79 Å². The zero-order valence-corrected chi connectivity index (χ0v) is 18.5. The molecule has 0 spiro atoms. The van der Waals surface area contributed by atoms with Crippen LogP contribution in [0.2, 0.25) is 0 Å². The second kappa shape index (κ2) is 7.92. The van der Waals surface area contributed by atoms with Crippen molar-refractivity contribution in [3.63, 3.8) is 0 Å². The van der Waals surface area contributed by atoms with E-state index in [2.05, 4.69) is 15.3 Å². The number of aromatic nitrogens is 2. The predicted molar refractivity (Wildman–Crippen MR) is 125 cm³/mol. The minimum absolute atomic E-state index is 0.0133. The van der Waals surface area contributed by atoms with Crippen molar-refractivity contribution in [2.24, 2.45) is 5.41 Å². The van der Waals surface area contributed by atoms with Gasteiger partial charge in [-0.1, -0.05) is 56.3 Å². The Bertz CT molecular complexity index is 1370. The molecule has 33 heavy (non-hydrogen) atoms. The number of carbonyl (C=O) groups is 1. The van der Waals surface area contributed by atoms with E-state index in [0.29, 0.717) is 42.2 Å². The van der Waals surface area contributed by atoms with E-state index in [4.69, 9.17) is 4.74 Å². The maximum atomic E-state index is 13.2.